The van der Waals surface area contributed by atoms with E-state index in [9.17, 15) is 13.6 Å². The number of carbonyl (C=O) groups excluding carboxylic acids is 1. The van der Waals surface area contributed by atoms with E-state index < -0.39 is 11.6 Å². The first-order valence-corrected chi connectivity index (χ1v) is 11.3. The highest BCUT2D eigenvalue weighted by atomic mass is 19.1. The second-order valence-electron chi connectivity index (χ2n) is 8.26. The number of aromatic nitrogens is 1. The number of hydrogen-bond donors (Lipinski definition) is 1. The first kappa shape index (κ1) is 24.9. The molecule has 1 aliphatic carbocycles. The number of ketones is 1. The molecule has 1 aliphatic rings. The van der Waals surface area contributed by atoms with Crippen molar-refractivity contribution in [3.8, 4) is 0 Å². The van der Waals surface area contributed by atoms with Crippen LogP contribution in [0.2, 0.25) is 0 Å². The first-order chi connectivity index (χ1) is 16.3. The quantitative estimate of drug-likeness (QED) is 0.381. The Kier molecular flexibility index (Phi) is 8.35. The summed E-state index contributed by atoms with van der Waals surface area (Å²) in [5.41, 5.74) is 8.48. The molecule has 0 radical (unpaired) electrons. The number of nitrogens with two attached hydrogens (primary N) is 1. The van der Waals surface area contributed by atoms with Crippen molar-refractivity contribution >= 4 is 23.1 Å². The number of pyridine rings is 1. The van der Waals surface area contributed by atoms with Crippen LogP contribution in [0.5, 0.6) is 0 Å². The van der Waals surface area contributed by atoms with Crippen molar-refractivity contribution in [2.45, 2.75) is 40.0 Å². The van der Waals surface area contributed by atoms with Gasteiger partial charge in [-0.3, -0.25) is 4.79 Å². The van der Waals surface area contributed by atoms with Crippen LogP contribution in [0.1, 0.15) is 60.9 Å². The van der Waals surface area contributed by atoms with E-state index >= 15 is 0 Å². The van der Waals surface area contributed by atoms with Crippen LogP contribution in [0.4, 0.5) is 14.5 Å². The summed E-state index contributed by atoms with van der Waals surface area (Å²) in [6.45, 7) is 6.25. The highest BCUT2D eigenvalue weighted by molar-refractivity contribution is 6.11. The predicted molar refractivity (Wildman–Crippen MR) is 132 cm³/mol. The molecule has 0 saturated heterocycles. The second-order valence-corrected chi connectivity index (χ2v) is 8.26. The average molecular weight is 463 g/mol. The molecule has 2 N–H and O–H groups in total. The Morgan fingerprint density at radius 2 is 1.71 bits per heavy atom. The number of benzene rings is 2. The van der Waals surface area contributed by atoms with Gasteiger partial charge < -0.3 is 5.73 Å². The molecule has 0 bridgehead atoms. The van der Waals surface area contributed by atoms with Gasteiger partial charge in [0.05, 0.1) is 11.4 Å². The van der Waals surface area contributed by atoms with Crippen LogP contribution < -0.4 is 5.73 Å². The third kappa shape index (κ3) is 6.41. The van der Waals surface area contributed by atoms with Gasteiger partial charge >= 0.3 is 0 Å². The molecular weight excluding hydrogens is 434 g/mol. The Morgan fingerprint density at radius 3 is 2.38 bits per heavy atom. The third-order valence-corrected chi connectivity index (χ3v) is 4.97. The average Bonchev–Trinajstić information content (AvgIpc) is 2.78. The van der Waals surface area contributed by atoms with Gasteiger partial charge in [0.1, 0.15) is 23.2 Å². The molecule has 0 aliphatic heterocycles. The number of aliphatic imine (C=N–C) groups is 2. The summed E-state index contributed by atoms with van der Waals surface area (Å²) in [6.07, 6.45) is 2.40. The normalized spacial score (nSPS) is 15.9. The van der Waals surface area contributed by atoms with Crippen molar-refractivity contribution in [3.63, 3.8) is 0 Å². The summed E-state index contributed by atoms with van der Waals surface area (Å²) in [4.78, 5) is 25.7. The van der Waals surface area contributed by atoms with Crippen LogP contribution in [0.15, 0.2) is 70.6 Å². The van der Waals surface area contributed by atoms with Crippen molar-refractivity contribution in [3.05, 3.63) is 94.8 Å². The van der Waals surface area contributed by atoms with Gasteiger partial charge in [-0.15, -0.1) is 0 Å². The van der Waals surface area contributed by atoms with Crippen LogP contribution >= 0.6 is 0 Å². The van der Waals surface area contributed by atoms with Gasteiger partial charge in [-0.2, -0.15) is 0 Å². The zero-order valence-electron chi connectivity index (χ0n) is 19.6. The standard InChI is InChI=1S/C24H20F2N4O.C3H8/c1-14-10-21-19(22(31)11-14)8-9-20(29-21)24(28-18-7-3-6-17(26)13-18)30-23(27)15-4-2-5-16(25)12-15;1-3-2/h2-9,12-14H,10-11H2,1H3,(H2,27,28,30);3H2,1-2H3. The molecule has 0 fully saturated rings. The summed E-state index contributed by atoms with van der Waals surface area (Å²) in [6, 6.07) is 14.8. The van der Waals surface area contributed by atoms with E-state index in [1.54, 1.807) is 24.3 Å². The molecule has 176 valence electrons. The van der Waals surface area contributed by atoms with E-state index in [0.29, 0.717) is 41.0 Å². The van der Waals surface area contributed by atoms with E-state index in [1.807, 2.05) is 6.92 Å². The summed E-state index contributed by atoms with van der Waals surface area (Å²) in [7, 11) is 0. The van der Waals surface area contributed by atoms with Crippen LogP contribution in [0.3, 0.4) is 0 Å². The van der Waals surface area contributed by atoms with E-state index in [4.69, 9.17) is 5.73 Å². The van der Waals surface area contributed by atoms with Crippen LogP contribution in [0.25, 0.3) is 0 Å². The van der Waals surface area contributed by atoms with Crippen molar-refractivity contribution in [1.82, 2.24) is 4.98 Å². The number of fused-ring (bicyclic) bond motifs is 1. The Labute approximate surface area is 198 Å². The van der Waals surface area contributed by atoms with Gasteiger partial charge in [0, 0.05) is 17.5 Å². The fraction of sp³-hybridized carbons (Fsp3) is 0.259. The Balaban J connectivity index is 0.00000103. The molecule has 1 aromatic heterocycles. The molecule has 0 amide bonds. The van der Waals surface area contributed by atoms with E-state index in [1.165, 1.54) is 42.8 Å². The fourth-order valence-corrected chi connectivity index (χ4v) is 3.50. The second kappa shape index (κ2) is 11.4. The molecule has 0 saturated carbocycles. The van der Waals surface area contributed by atoms with Crippen LogP contribution in [0, 0.1) is 17.6 Å². The molecule has 4 rings (SSSR count). The lowest BCUT2D eigenvalue weighted by molar-refractivity contribution is 0.0952. The van der Waals surface area contributed by atoms with Crippen molar-refractivity contribution in [2.75, 3.05) is 0 Å². The monoisotopic (exact) mass is 462 g/mol. The Bertz CT molecular complexity index is 1240. The van der Waals surface area contributed by atoms with Crippen molar-refractivity contribution < 1.29 is 13.6 Å². The number of hydrogen-bond acceptors (Lipinski definition) is 3. The molecule has 3 aromatic rings. The summed E-state index contributed by atoms with van der Waals surface area (Å²) in [5.74, 6) is -0.468. The summed E-state index contributed by atoms with van der Waals surface area (Å²) < 4.78 is 27.3. The van der Waals surface area contributed by atoms with Crippen LogP contribution in [-0.2, 0) is 6.42 Å². The van der Waals surface area contributed by atoms with Crippen molar-refractivity contribution in [2.24, 2.45) is 21.6 Å². The molecule has 2 aromatic carbocycles. The SMILES string of the molecule is CC1CC(=O)c2ccc(C(N=C(N)c3cccc(F)c3)=Nc3cccc(F)c3)nc2C1.CCC. The molecule has 1 atom stereocenters. The lowest BCUT2D eigenvalue weighted by Crippen LogP contribution is -2.21. The number of Topliss-reactive ketones (excluding diaryl/α,β-unsaturated/α-hetero) is 1. The zero-order chi connectivity index (χ0) is 24.7. The topological polar surface area (TPSA) is 80.7 Å². The Hall–Kier alpha value is -3.74. The van der Waals surface area contributed by atoms with Gasteiger partial charge in [-0.25, -0.2) is 23.7 Å². The maximum absolute atomic E-state index is 13.7. The minimum absolute atomic E-state index is 0.0404. The van der Waals surface area contributed by atoms with Gasteiger partial charge in [0.2, 0.25) is 0 Å². The number of nitrogens with zero attached hydrogens (tertiary/aromatic N) is 3. The molecule has 1 unspecified atom stereocenters. The summed E-state index contributed by atoms with van der Waals surface area (Å²) in [5, 5.41) is 0. The van der Waals surface area contributed by atoms with E-state index in [0.717, 1.165) is 0 Å². The largest absolute Gasteiger partial charge is 0.383 e. The lowest BCUT2D eigenvalue weighted by atomic mass is 9.87. The Morgan fingerprint density at radius 1 is 1.03 bits per heavy atom. The first-order valence-electron chi connectivity index (χ1n) is 11.3. The van der Waals surface area contributed by atoms with E-state index in [2.05, 4.69) is 28.8 Å². The molecule has 1 heterocycles. The maximum Gasteiger partial charge on any atom is 0.180 e. The molecule has 7 heteroatoms. The number of amidine groups is 2. The number of halogens is 2. The molecule has 5 nitrogen and oxygen atoms in total. The molecule has 0 spiro atoms. The van der Waals surface area contributed by atoms with Gasteiger partial charge in [0.15, 0.2) is 11.6 Å². The smallest absolute Gasteiger partial charge is 0.180 e. The zero-order valence-corrected chi connectivity index (χ0v) is 19.6. The van der Waals surface area contributed by atoms with Crippen LogP contribution in [-0.4, -0.2) is 22.4 Å². The van der Waals surface area contributed by atoms with Gasteiger partial charge in [0.25, 0.3) is 0 Å². The fourth-order valence-electron chi connectivity index (χ4n) is 3.50. The minimum Gasteiger partial charge on any atom is -0.383 e. The molecular formula is C27H28F2N4O. The third-order valence-electron chi connectivity index (χ3n) is 4.97. The number of rotatable bonds is 3. The number of carbonyl (C=O) groups is 1. The van der Waals surface area contributed by atoms with Gasteiger partial charge in [-0.05, 0) is 54.8 Å². The molecule has 34 heavy (non-hydrogen) atoms. The highest BCUT2D eigenvalue weighted by Gasteiger charge is 2.24. The lowest BCUT2D eigenvalue weighted by Gasteiger charge is -2.19. The van der Waals surface area contributed by atoms with Crippen molar-refractivity contribution in [1.29, 1.82) is 0 Å². The summed E-state index contributed by atoms with van der Waals surface area (Å²) >= 11 is 0. The highest BCUT2D eigenvalue weighted by Crippen LogP contribution is 2.25. The van der Waals surface area contributed by atoms with E-state index in [-0.39, 0.29) is 23.4 Å². The minimum atomic E-state index is -0.446. The predicted octanol–water partition coefficient (Wildman–Crippen LogP) is 6.02. The maximum atomic E-state index is 13.7. The van der Waals surface area contributed by atoms with Gasteiger partial charge in [-0.1, -0.05) is 45.4 Å².